The molecule has 0 unspecified atom stereocenters. The van der Waals surface area contributed by atoms with E-state index in [0.717, 1.165) is 33.3 Å². The van der Waals surface area contributed by atoms with Crippen LogP contribution in [0.2, 0.25) is 0 Å². The zero-order valence-electron chi connectivity index (χ0n) is 15.4. The van der Waals surface area contributed by atoms with Crippen molar-refractivity contribution >= 4 is 23.0 Å². The lowest BCUT2D eigenvalue weighted by atomic mass is 9.98. The molecule has 0 atom stereocenters. The fourth-order valence-electron chi connectivity index (χ4n) is 3.98. The maximum atomic E-state index is 14.0. The van der Waals surface area contributed by atoms with E-state index >= 15 is 0 Å². The molecule has 1 saturated carbocycles. The number of aryl methyl sites for hydroxylation is 1. The van der Waals surface area contributed by atoms with Crippen LogP contribution >= 0.6 is 12.2 Å². The minimum absolute atomic E-state index is 0.219. The number of H-pyrrole nitrogens is 1. The van der Waals surface area contributed by atoms with Crippen LogP contribution in [0, 0.1) is 17.5 Å². The van der Waals surface area contributed by atoms with Crippen LogP contribution in [0.5, 0.6) is 5.75 Å². The van der Waals surface area contributed by atoms with Gasteiger partial charge in [-0.1, -0.05) is 18.2 Å². The first kappa shape index (κ1) is 17.2. The largest absolute Gasteiger partial charge is 0.507 e. The second kappa shape index (κ2) is 6.31. The maximum absolute atomic E-state index is 14.0. The summed E-state index contributed by atoms with van der Waals surface area (Å²) >= 11 is 5.55. The molecule has 1 fully saturated rings. The summed E-state index contributed by atoms with van der Waals surface area (Å²) in [5.41, 5.74) is 4.66. The van der Waals surface area contributed by atoms with Gasteiger partial charge >= 0.3 is 0 Å². The third-order valence-corrected chi connectivity index (χ3v) is 5.82. The maximum Gasteiger partial charge on any atom is 0.182 e. The number of aromatic nitrogens is 2. The molecular formula is C23H19FN2OS. The molecule has 0 spiro atoms. The van der Waals surface area contributed by atoms with Crippen LogP contribution in [-0.4, -0.2) is 14.7 Å². The van der Waals surface area contributed by atoms with E-state index in [1.807, 2.05) is 42.0 Å². The number of rotatable bonds is 3. The summed E-state index contributed by atoms with van der Waals surface area (Å²) < 4.78 is 16.3. The van der Waals surface area contributed by atoms with Crippen LogP contribution in [-0.2, 0) is 0 Å². The second-order valence-electron chi connectivity index (χ2n) is 7.46. The Morgan fingerprint density at radius 2 is 1.96 bits per heavy atom. The molecule has 28 heavy (non-hydrogen) atoms. The van der Waals surface area contributed by atoms with Gasteiger partial charge in [0.05, 0.1) is 11.4 Å². The third-order valence-electron chi connectivity index (χ3n) is 5.52. The Morgan fingerprint density at radius 1 is 1.14 bits per heavy atom. The first-order valence-electron chi connectivity index (χ1n) is 9.36. The lowest BCUT2D eigenvalue weighted by molar-refractivity contribution is 0.476. The topological polar surface area (TPSA) is 40.9 Å². The zero-order valence-corrected chi connectivity index (χ0v) is 16.2. The molecule has 0 radical (unpaired) electrons. The number of halogens is 1. The number of nitrogens with one attached hydrogen (secondary N) is 1. The first-order chi connectivity index (χ1) is 13.5. The van der Waals surface area contributed by atoms with Crippen molar-refractivity contribution in [2.75, 3.05) is 0 Å². The number of benzene rings is 3. The van der Waals surface area contributed by atoms with Gasteiger partial charge in [-0.05, 0) is 84.7 Å². The van der Waals surface area contributed by atoms with E-state index < -0.39 is 0 Å². The Bertz CT molecular complexity index is 1280. The monoisotopic (exact) mass is 390 g/mol. The van der Waals surface area contributed by atoms with Crippen molar-refractivity contribution in [3.05, 3.63) is 76.4 Å². The molecule has 4 aromatic rings. The highest BCUT2D eigenvalue weighted by Gasteiger charge is 2.27. The molecule has 0 bridgehead atoms. The Hall–Kier alpha value is -2.92. The summed E-state index contributed by atoms with van der Waals surface area (Å²) in [6.45, 7) is 2.04. The van der Waals surface area contributed by atoms with Gasteiger partial charge in [-0.25, -0.2) is 4.39 Å². The molecule has 5 heteroatoms. The Labute approximate surface area is 167 Å². The third kappa shape index (κ3) is 2.74. The van der Waals surface area contributed by atoms with Crippen LogP contribution in [0.3, 0.4) is 0 Å². The van der Waals surface area contributed by atoms with E-state index in [4.69, 9.17) is 12.2 Å². The van der Waals surface area contributed by atoms with Crippen LogP contribution in [0.1, 0.15) is 29.9 Å². The number of fused-ring (bicyclic) bond motifs is 1. The molecule has 1 aromatic heterocycles. The standard InChI is InChI=1S/C23H19FN2OS/c1-13-9-22(27)19(11-17(13)15-5-6-15)21-12-25-23(28)26(21)20-4-2-3-14-7-8-16(24)10-18(14)20/h2-4,7-12,15,27H,5-6H2,1H3,(H,25,28). The molecule has 1 aliphatic rings. The molecule has 3 aromatic carbocycles. The Balaban J connectivity index is 1.78. The van der Waals surface area contributed by atoms with E-state index in [1.165, 1.54) is 30.5 Å². The summed E-state index contributed by atoms with van der Waals surface area (Å²) in [6.07, 6.45) is 4.18. The lowest BCUT2D eigenvalue weighted by Gasteiger charge is -2.15. The summed E-state index contributed by atoms with van der Waals surface area (Å²) in [6, 6.07) is 14.4. The fourth-order valence-corrected chi connectivity index (χ4v) is 4.23. The number of imidazole rings is 1. The molecular weight excluding hydrogens is 371 g/mol. The molecule has 1 aliphatic carbocycles. The molecule has 0 amide bonds. The van der Waals surface area contributed by atoms with Crippen LogP contribution in [0.25, 0.3) is 27.7 Å². The van der Waals surface area contributed by atoms with Crippen molar-refractivity contribution in [2.45, 2.75) is 25.7 Å². The van der Waals surface area contributed by atoms with E-state index in [2.05, 4.69) is 11.1 Å². The van der Waals surface area contributed by atoms with Gasteiger partial charge in [0.25, 0.3) is 0 Å². The number of hydrogen-bond acceptors (Lipinski definition) is 2. The molecule has 2 N–H and O–H groups in total. The Kier molecular flexibility index (Phi) is 3.88. The zero-order chi connectivity index (χ0) is 19.4. The molecule has 5 rings (SSSR count). The second-order valence-corrected chi connectivity index (χ2v) is 7.84. The summed E-state index contributed by atoms with van der Waals surface area (Å²) in [5.74, 6) is 0.496. The van der Waals surface area contributed by atoms with Crippen molar-refractivity contribution in [2.24, 2.45) is 0 Å². The normalized spacial score (nSPS) is 13.9. The number of phenols is 1. The number of nitrogens with zero attached hydrogens (tertiary/aromatic N) is 1. The highest BCUT2D eigenvalue weighted by Crippen LogP contribution is 2.45. The van der Waals surface area contributed by atoms with E-state index in [1.54, 1.807) is 6.07 Å². The molecule has 140 valence electrons. The average molecular weight is 390 g/mol. The lowest BCUT2D eigenvalue weighted by Crippen LogP contribution is -1.99. The van der Waals surface area contributed by atoms with Crippen molar-refractivity contribution in [3.8, 4) is 22.7 Å². The summed E-state index contributed by atoms with van der Waals surface area (Å²) in [7, 11) is 0. The molecule has 0 aliphatic heterocycles. The summed E-state index contributed by atoms with van der Waals surface area (Å²) in [4.78, 5) is 3.09. The van der Waals surface area contributed by atoms with Crippen molar-refractivity contribution in [1.82, 2.24) is 9.55 Å². The van der Waals surface area contributed by atoms with Gasteiger partial charge in [-0.3, -0.25) is 4.57 Å². The number of aromatic amines is 1. The van der Waals surface area contributed by atoms with E-state index in [0.29, 0.717) is 10.7 Å². The SMILES string of the molecule is Cc1cc(O)c(-c2c[nH]c(=S)n2-c2cccc3ccc(F)cc23)cc1C1CC1. The highest BCUT2D eigenvalue weighted by molar-refractivity contribution is 7.71. The fraction of sp³-hybridized carbons (Fsp3) is 0.174. The van der Waals surface area contributed by atoms with E-state index in [9.17, 15) is 9.50 Å². The number of hydrogen-bond donors (Lipinski definition) is 2. The minimum Gasteiger partial charge on any atom is -0.507 e. The first-order valence-corrected chi connectivity index (χ1v) is 9.77. The predicted octanol–water partition coefficient (Wildman–Crippen LogP) is 6.39. The predicted molar refractivity (Wildman–Crippen MR) is 112 cm³/mol. The molecule has 1 heterocycles. The number of phenolic OH excluding ortho intramolecular Hbond substituents is 1. The van der Waals surface area contributed by atoms with Crippen molar-refractivity contribution in [1.29, 1.82) is 0 Å². The van der Waals surface area contributed by atoms with Crippen LogP contribution in [0.15, 0.2) is 54.7 Å². The highest BCUT2D eigenvalue weighted by atomic mass is 32.1. The average Bonchev–Trinajstić information content (AvgIpc) is 3.44. The van der Waals surface area contributed by atoms with Gasteiger partial charge in [0, 0.05) is 17.1 Å². The van der Waals surface area contributed by atoms with Gasteiger partial charge in [0.1, 0.15) is 11.6 Å². The van der Waals surface area contributed by atoms with Gasteiger partial charge < -0.3 is 10.1 Å². The van der Waals surface area contributed by atoms with Crippen LogP contribution < -0.4 is 0 Å². The Morgan fingerprint density at radius 3 is 2.75 bits per heavy atom. The van der Waals surface area contributed by atoms with Gasteiger partial charge in [0.15, 0.2) is 4.77 Å². The smallest absolute Gasteiger partial charge is 0.182 e. The van der Waals surface area contributed by atoms with Gasteiger partial charge in [-0.2, -0.15) is 0 Å². The van der Waals surface area contributed by atoms with Crippen molar-refractivity contribution < 1.29 is 9.50 Å². The van der Waals surface area contributed by atoms with Gasteiger partial charge in [0.2, 0.25) is 0 Å². The summed E-state index contributed by atoms with van der Waals surface area (Å²) in [5, 5.41) is 12.4. The number of aromatic hydroxyl groups is 1. The van der Waals surface area contributed by atoms with E-state index in [-0.39, 0.29) is 11.6 Å². The quantitative estimate of drug-likeness (QED) is 0.398. The minimum atomic E-state index is -0.294. The molecule has 3 nitrogen and oxygen atoms in total. The van der Waals surface area contributed by atoms with Crippen LogP contribution in [0.4, 0.5) is 4.39 Å². The van der Waals surface area contributed by atoms with Gasteiger partial charge in [-0.15, -0.1) is 0 Å². The molecule has 0 saturated heterocycles. The van der Waals surface area contributed by atoms with Crippen molar-refractivity contribution in [3.63, 3.8) is 0 Å².